The summed E-state index contributed by atoms with van der Waals surface area (Å²) < 4.78 is 26.4. The molecule has 0 spiro atoms. The van der Waals surface area contributed by atoms with Gasteiger partial charge in [0.1, 0.15) is 5.75 Å². The van der Waals surface area contributed by atoms with Gasteiger partial charge in [-0.3, -0.25) is 4.99 Å². The number of aliphatic imine (C=N–C) groups is 1. The van der Waals surface area contributed by atoms with Gasteiger partial charge in [0.2, 0.25) is 5.96 Å². The number of nitrogens with two attached hydrogens (primary N) is 1. The van der Waals surface area contributed by atoms with Crippen molar-refractivity contribution in [1.29, 1.82) is 0 Å². The van der Waals surface area contributed by atoms with Gasteiger partial charge in [-0.15, -0.1) is 0 Å². The van der Waals surface area contributed by atoms with Crippen LogP contribution in [0.1, 0.15) is 35.9 Å². The monoisotopic (exact) mass is 305 g/mol. The second kappa shape index (κ2) is 8.07. The Bertz CT molecular complexity index is 752. The van der Waals surface area contributed by atoms with Gasteiger partial charge in [-0.05, 0) is 24.6 Å². The molecular weight excluding hydrogens is 279 g/mol. The topological polar surface area (TPSA) is 87.8 Å². The molecule has 0 saturated carbocycles. The molecule has 0 atom stereocenters. The van der Waals surface area contributed by atoms with Crippen molar-refractivity contribution in [3.05, 3.63) is 30.0 Å². The van der Waals surface area contributed by atoms with Gasteiger partial charge in [0.25, 0.3) is 0 Å². The van der Waals surface area contributed by atoms with Crippen LogP contribution in [0.2, 0.25) is 0 Å². The molecule has 0 amide bonds. The predicted octanol–water partition coefficient (Wildman–Crippen LogP) is 2.60. The van der Waals surface area contributed by atoms with Crippen LogP contribution in [0.4, 0.5) is 0 Å². The predicted molar refractivity (Wildman–Crippen MR) is 91.6 cm³/mol. The van der Waals surface area contributed by atoms with Gasteiger partial charge in [-0.2, -0.15) is 5.10 Å². The van der Waals surface area contributed by atoms with Gasteiger partial charge in [0, 0.05) is 29.2 Å². The van der Waals surface area contributed by atoms with E-state index in [0.29, 0.717) is 6.54 Å². The van der Waals surface area contributed by atoms with Gasteiger partial charge >= 0.3 is 0 Å². The van der Waals surface area contributed by atoms with Crippen LogP contribution in [0.3, 0.4) is 0 Å². The van der Waals surface area contributed by atoms with Gasteiger partial charge in [-0.1, -0.05) is 19.8 Å². The number of methoxy groups -OCH3 is 1. The first-order valence-corrected chi connectivity index (χ1v) is 7.28. The molecule has 0 aliphatic rings. The molecule has 1 heterocycles. The Morgan fingerprint density at radius 2 is 2.41 bits per heavy atom. The quantitative estimate of drug-likeness (QED) is 0.241. The maximum Gasteiger partial charge on any atom is 0.209 e. The van der Waals surface area contributed by atoms with Gasteiger partial charge < -0.3 is 15.5 Å². The molecule has 1 aromatic heterocycles. The minimum Gasteiger partial charge on any atom is -0.497 e. The Labute approximate surface area is 134 Å². The molecule has 2 rings (SSSR count). The number of benzene rings is 1. The molecule has 0 unspecified atom stereocenters. The maximum absolute atomic E-state index is 7.17. The first-order chi connectivity index (χ1) is 11.9. The van der Waals surface area contributed by atoms with E-state index in [-0.39, 0.29) is 11.7 Å². The summed E-state index contributed by atoms with van der Waals surface area (Å²) in [5.74, 6) is 0.533. The van der Waals surface area contributed by atoms with Crippen molar-refractivity contribution in [3.8, 4) is 5.75 Å². The van der Waals surface area contributed by atoms with Crippen molar-refractivity contribution < 1.29 is 8.85 Å². The van der Waals surface area contributed by atoms with Gasteiger partial charge in [-0.25, -0.2) is 5.43 Å². The summed E-state index contributed by atoms with van der Waals surface area (Å²) in [7, 11) is -2.48. The Kier molecular flexibility index (Phi) is 4.43. The zero-order chi connectivity index (χ0) is 18.3. The molecule has 22 heavy (non-hydrogen) atoms. The fraction of sp³-hybridized carbons (Fsp3) is 0.375. The van der Waals surface area contributed by atoms with E-state index >= 15 is 0 Å². The van der Waals surface area contributed by atoms with Gasteiger partial charge in [0.05, 0.1) is 17.4 Å². The van der Waals surface area contributed by atoms with Crippen molar-refractivity contribution >= 4 is 23.1 Å². The van der Waals surface area contributed by atoms with Crippen LogP contribution in [0.15, 0.2) is 34.5 Å². The number of hydrogen-bond donors (Lipinski definition) is 3. The highest BCUT2D eigenvalue weighted by Crippen LogP contribution is 2.22. The molecule has 118 valence electrons. The number of H-pyrrole nitrogens is 1. The third kappa shape index (κ3) is 4.25. The van der Waals surface area contributed by atoms with E-state index in [9.17, 15) is 0 Å². The zero-order valence-corrected chi connectivity index (χ0v) is 12.6. The van der Waals surface area contributed by atoms with E-state index in [1.54, 1.807) is 30.6 Å². The second-order valence-electron chi connectivity index (χ2n) is 4.90. The number of hydrogen-bond acceptors (Lipinski definition) is 3. The SMILES string of the molecule is [2H][13C]([2H])([2H])Oc1ccc2[nH]cc(/C=N/NC(N)=NCCCCC)c2c1. The van der Waals surface area contributed by atoms with E-state index in [2.05, 4.69) is 27.4 Å². The molecular formula is C16H23N5O. The minimum absolute atomic E-state index is 0.263. The Morgan fingerprint density at radius 3 is 3.23 bits per heavy atom. The van der Waals surface area contributed by atoms with Crippen molar-refractivity contribution in [2.75, 3.05) is 13.6 Å². The molecule has 0 aliphatic heterocycles. The molecule has 0 radical (unpaired) electrons. The van der Waals surface area contributed by atoms with Crippen molar-refractivity contribution in [2.24, 2.45) is 15.8 Å². The van der Waals surface area contributed by atoms with E-state index in [1.165, 1.54) is 0 Å². The van der Waals surface area contributed by atoms with Crippen LogP contribution in [-0.4, -0.2) is 30.7 Å². The molecule has 0 fully saturated rings. The van der Waals surface area contributed by atoms with Crippen LogP contribution in [-0.2, 0) is 0 Å². The summed E-state index contributed by atoms with van der Waals surface area (Å²) in [5.41, 5.74) is 10.0. The standard InChI is InChI=1S/C16H23N5O/c1-3-4-5-8-18-16(17)21-20-11-12-10-19-15-7-6-13(22-2)9-14(12)15/h6-7,9-11,19H,3-5,8H2,1-2H3,(H3,17,18,21)/b20-11+/i2+1D3. The molecule has 0 saturated heterocycles. The third-order valence-corrected chi connectivity index (χ3v) is 3.23. The number of unbranched alkanes of at least 4 members (excludes halogenated alkanes) is 2. The molecule has 2 aromatic rings. The molecule has 1 aromatic carbocycles. The first kappa shape index (κ1) is 12.1. The number of rotatable bonds is 7. The summed E-state index contributed by atoms with van der Waals surface area (Å²) in [6.45, 7) is 2.80. The number of aromatic amines is 1. The molecule has 0 aliphatic carbocycles. The van der Waals surface area contributed by atoms with Crippen LogP contribution in [0.25, 0.3) is 10.9 Å². The largest absolute Gasteiger partial charge is 0.497 e. The third-order valence-electron chi connectivity index (χ3n) is 3.23. The lowest BCUT2D eigenvalue weighted by Crippen LogP contribution is -2.27. The number of guanidine groups is 1. The van der Waals surface area contributed by atoms with Crippen molar-refractivity contribution in [3.63, 3.8) is 0 Å². The normalized spacial score (nSPS) is 14.8. The van der Waals surface area contributed by atoms with E-state index in [4.69, 9.17) is 14.6 Å². The van der Waals surface area contributed by atoms with Crippen LogP contribution in [0.5, 0.6) is 5.75 Å². The lowest BCUT2D eigenvalue weighted by atomic mass is 10.2. The minimum atomic E-state index is -2.48. The Hall–Kier alpha value is -2.50. The number of nitrogens with zero attached hydrogens (tertiary/aromatic N) is 2. The summed E-state index contributed by atoms with van der Waals surface area (Å²) >= 11 is 0. The average Bonchev–Trinajstić information content (AvgIpc) is 2.93. The molecule has 4 N–H and O–H groups in total. The summed E-state index contributed by atoms with van der Waals surface area (Å²) in [4.78, 5) is 7.26. The number of fused-ring (bicyclic) bond motifs is 1. The van der Waals surface area contributed by atoms with E-state index in [1.807, 2.05) is 0 Å². The smallest absolute Gasteiger partial charge is 0.209 e. The number of hydrazone groups is 1. The Balaban J connectivity index is 2.04. The van der Waals surface area contributed by atoms with Gasteiger partial charge in [0.15, 0.2) is 0 Å². The maximum atomic E-state index is 7.17. The van der Waals surface area contributed by atoms with E-state index < -0.39 is 7.04 Å². The van der Waals surface area contributed by atoms with E-state index in [0.717, 1.165) is 35.7 Å². The lowest BCUT2D eigenvalue weighted by Gasteiger charge is -2.00. The Morgan fingerprint density at radius 1 is 1.50 bits per heavy atom. The first-order valence-electron chi connectivity index (χ1n) is 8.78. The molecule has 0 bridgehead atoms. The summed E-state index contributed by atoms with van der Waals surface area (Å²) in [6, 6.07) is 5.01. The number of aromatic nitrogens is 1. The zero-order valence-electron chi connectivity index (χ0n) is 15.6. The van der Waals surface area contributed by atoms with Crippen molar-refractivity contribution in [1.82, 2.24) is 10.4 Å². The summed E-state index contributed by atoms with van der Waals surface area (Å²) in [6.07, 6.45) is 6.61. The van der Waals surface area contributed by atoms with Crippen LogP contribution in [0, 0.1) is 0 Å². The van der Waals surface area contributed by atoms with Crippen molar-refractivity contribution in [2.45, 2.75) is 26.2 Å². The van der Waals surface area contributed by atoms with Crippen LogP contribution >= 0.6 is 0 Å². The fourth-order valence-electron chi connectivity index (χ4n) is 2.06. The highest BCUT2D eigenvalue weighted by atomic mass is 16.5. The molecule has 6 nitrogen and oxygen atoms in total. The lowest BCUT2D eigenvalue weighted by molar-refractivity contribution is 0.415. The number of ether oxygens (including phenoxy) is 1. The second-order valence-corrected chi connectivity index (χ2v) is 4.90. The average molecular weight is 305 g/mol. The fourth-order valence-corrected chi connectivity index (χ4v) is 2.06. The van der Waals surface area contributed by atoms with Crippen LogP contribution < -0.4 is 15.9 Å². The highest BCUT2D eigenvalue weighted by molar-refractivity contribution is 5.99. The highest BCUT2D eigenvalue weighted by Gasteiger charge is 2.03. The molecule has 6 heteroatoms. The summed E-state index contributed by atoms with van der Waals surface area (Å²) in [5, 5.41) is 4.86. The number of nitrogens with one attached hydrogen (secondary N) is 2.